The minimum absolute atomic E-state index is 0.0232. The van der Waals surface area contributed by atoms with Gasteiger partial charge in [-0.1, -0.05) is 20.8 Å². The van der Waals surface area contributed by atoms with Crippen molar-refractivity contribution in [3.63, 3.8) is 0 Å². The molecule has 1 amide bonds. The molecule has 3 rings (SSSR count). The highest BCUT2D eigenvalue weighted by molar-refractivity contribution is 5.82. The van der Waals surface area contributed by atoms with E-state index in [2.05, 4.69) is 40.6 Å². The summed E-state index contributed by atoms with van der Waals surface area (Å²) in [6.07, 6.45) is 6.93. The lowest BCUT2D eigenvalue weighted by molar-refractivity contribution is -0.138. The van der Waals surface area contributed by atoms with Crippen molar-refractivity contribution in [2.75, 3.05) is 26.7 Å². The molecule has 2 aromatic rings. The summed E-state index contributed by atoms with van der Waals surface area (Å²) in [5, 5.41) is 0. The number of carbonyl (C=O) groups excluding carboxylic acids is 1. The van der Waals surface area contributed by atoms with Gasteiger partial charge in [0, 0.05) is 38.0 Å². The van der Waals surface area contributed by atoms with Gasteiger partial charge in [0.2, 0.25) is 5.91 Å². The van der Waals surface area contributed by atoms with Gasteiger partial charge in [0.25, 0.3) is 0 Å². The number of nitrogens with zero attached hydrogens (tertiary/aromatic N) is 4. The Morgan fingerprint density at radius 2 is 2.14 bits per heavy atom. The first-order chi connectivity index (χ1) is 13.6. The highest BCUT2D eigenvalue weighted by Crippen LogP contribution is 2.34. The molecule has 1 fully saturated rings. The first kappa shape index (κ1) is 20.5. The first-order valence-corrected chi connectivity index (χ1v) is 10.1. The summed E-state index contributed by atoms with van der Waals surface area (Å²) in [7, 11) is 1.71. The zero-order chi connectivity index (χ0) is 20.1. The Morgan fingerprint density at radius 3 is 2.75 bits per heavy atom. The number of hydrogen-bond donors (Lipinski definition) is 1. The van der Waals surface area contributed by atoms with E-state index in [9.17, 15) is 4.79 Å². The third kappa shape index (κ3) is 4.10. The molecule has 0 spiro atoms. The van der Waals surface area contributed by atoms with Gasteiger partial charge >= 0.3 is 0 Å². The Morgan fingerprint density at radius 1 is 1.36 bits per heavy atom. The maximum atomic E-state index is 13.4. The van der Waals surface area contributed by atoms with Gasteiger partial charge in [-0.3, -0.25) is 14.7 Å². The second-order valence-corrected chi connectivity index (χ2v) is 7.17. The van der Waals surface area contributed by atoms with Gasteiger partial charge in [-0.05, 0) is 31.6 Å². The fraction of sp³-hybridized carbons (Fsp3) is 0.571. The van der Waals surface area contributed by atoms with Crippen molar-refractivity contribution in [1.82, 2.24) is 24.8 Å². The van der Waals surface area contributed by atoms with E-state index < -0.39 is 0 Å². The number of amides is 1. The minimum atomic E-state index is -0.110. The first-order valence-electron chi connectivity index (χ1n) is 10.1. The summed E-state index contributed by atoms with van der Waals surface area (Å²) in [5.41, 5.74) is 1.89. The normalized spacial score (nSPS) is 20.7. The standard InChI is InChI=1S/C21H31N5O2/c1-5-18(25(6-2)7-3)21(27)26-14-16(28-4)11-19(26)20-23-13-17(24-20)15-9-8-10-22-12-15/h8-10,12-13,16,18-19H,5-7,11,14H2,1-4H3,(H,23,24)/t16-,18+,19+/m0/s1. The van der Waals surface area contributed by atoms with Crippen LogP contribution < -0.4 is 0 Å². The summed E-state index contributed by atoms with van der Waals surface area (Å²) in [5.74, 6) is 0.969. The molecule has 1 saturated heterocycles. The van der Waals surface area contributed by atoms with Gasteiger partial charge in [-0.2, -0.15) is 0 Å². The van der Waals surface area contributed by atoms with Crippen LogP contribution in [0.5, 0.6) is 0 Å². The van der Waals surface area contributed by atoms with E-state index in [1.54, 1.807) is 19.5 Å². The summed E-state index contributed by atoms with van der Waals surface area (Å²) < 4.78 is 5.60. The second kappa shape index (κ2) is 9.30. The summed E-state index contributed by atoms with van der Waals surface area (Å²) in [6.45, 7) is 8.60. The molecule has 0 radical (unpaired) electrons. The quantitative estimate of drug-likeness (QED) is 0.756. The Labute approximate surface area is 167 Å². The lowest BCUT2D eigenvalue weighted by Crippen LogP contribution is -2.48. The fourth-order valence-electron chi connectivity index (χ4n) is 4.09. The minimum Gasteiger partial charge on any atom is -0.380 e. The van der Waals surface area contributed by atoms with Crippen LogP contribution in [0.15, 0.2) is 30.7 Å². The predicted molar refractivity (Wildman–Crippen MR) is 109 cm³/mol. The molecule has 0 aromatic carbocycles. The zero-order valence-electron chi connectivity index (χ0n) is 17.3. The lowest BCUT2D eigenvalue weighted by atomic mass is 10.1. The summed E-state index contributed by atoms with van der Waals surface area (Å²) in [6, 6.07) is 3.68. The number of likely N-dealkylation sites (tertiary alicyclic amines) is 1. The smallest absolute Gasteiger partial charge is 0.240 e. The highest BCUT2D eigenvalue weighted by Gasteiger charge is 2.40. The molecule has 7 nitrogen and oxygen atoms in total. The largest absolute Gasteiger partial charge is 0.380 e. The molecule has 2 aromatic heterocycles. The third-order valence-corrected chi connectivity index (χ3v) is 5.69. The van der Waals surface area contributed by atoms with E-state index in [0.29, 0.717) is 6.54 Å². The Hall–Kier alpha value is -2.25. The number of aromatic nitrogens is 3. The van der Waals surface area contributed by atoms with Crippen LogP contribution in [0.2, 0.25) is 0 Å². The van der Waals surface area contributed by atoms with E-state index in [-0.39, 0.29) is 24.1 Å². The Bertz CT molecular complexity index is 759. The molecule has 28 heavy (non-hydrogen) atoms. The Balaban J connectivity index is 1.86. The number of likely N-dealkylation sites (N-methyl/N-ethyl adjacent to an activating group) is 1. The van der Waals surface area contributed by atoms with Crippen molar-refractivity contribution in [3.8, 4) is 11.3 Å². The van der Waals surface area contributed by atoms with Gasteiger partial charge in [0.05, 0.1) is 30.1 Å². The zero-order valence-corrected chi connectivity index (χ0v) is 17.3. The number of imidazole rings is 1. The van der Waals surface area contributed by atoms with Gasteiger partial charge < -0.3 is 14.6 Å². The molecule has 0 bridgehead atoms. The van der Waals surface area contributed by atoms with E-state index in [0.717, 1.165) is 43.0 Å². The van der Waals surface area contributed by atoms with Crippen molar-refractivity contribution in [3.05, 3.63) is 36.5 Å². The van der Waals surface area contributed by atoms with Crippen LogP contribution >= 0.6 is 0 Å². The number of nitrogens with one attached hydrogen (secondary N) is 1. The number of rotatable bonds is 8. The highest BCUT2D eigenvalue weighted by atomic mass is 16.5. The van der Waals surface area contributed by atoms with Gasteiger partial charge in [0.1, 0.15) is 5.82 Å². The number of ether oxygens (including phenoxy) is 1. The van der Waals surface area contributed by atoms with E-state index in [1.807, 2.05) is 23.2 Å². The molecule has 7 heteroatoms. The molecular weight excluding hydrogens is 354 g/mol. The second-order valence-electron chi connectivity index (χ2n) is 7.17. The molecule has 1 N–H and O–H groups in total. The molecule has 0 saturated carbocycles. The van der Waals surface area contributed by atoms with Gasteiger partial charge in [-0.15, -0.1) is 0 Å². The molecule has 0 aliphatic carbocycles. The van der Waals surface area contributed by atoms with Crippen LogP contribution in [0.1, 0.15) is 45.5 Å². The van der Waals surface area contributed by atoms with E-state index in [1.165, 1.54) is 0 Å². The Kier molecular flexibility index (Phi) is 6.80. The molecule has 3 heterocycles. The van der Waals surface area contributed by atoms with Crippen LogP contribution in [-0.4, -0.2) is 69.5 Å². The monoisotopic (exact) mass is 385 g/mol. The van der Waals surface area contributed by atoms with E-state index >= 15 is 0 Å². The molecular formula is C21H31N5O2. The average Bonchev–Trinajstić information content (AvgIpc) is 3.39. The molecule has 0 unspecified atom stereocenters. The molecule has 1 aliphatic rings. The number of H-pyrrole nitrogens is 1. The number of pyridine rings is 1. The maximum absolute atomic E-state index is 13.4. The fourth-order valence-corrected chi connectivity index (χ4v) is 4.09. The van der Waals surface area contributed by atoms with Gasteiger partial charge in [-0.25, -0.2) is 4.98 Å². The van der Waals surface area contributed by atoms with Crippen molar-refractivity contribution in [1.29, 1.82) is 0 Å². The van der Waals surface area contributed by atoms with Crippen LogP contribution in [-0.2, 0) is 9.53 Å². The molecule has 152 valence electrons. The number of aromatic amines is 1. The van der Waals surface area contributed by atoms with Gasteiger partial charge in [0.15, 0.2) is 0 Å². The molecule has 3 atom stereocenters. The number of methoxy groups -OCH3 is 1. The molecule has 1 aliphatic heterocycles. The SMILES string of the molecule is CC[C@H](C(=O)N1C[C@@H](OC)C[C@@H]1c1ncc(-c2cccnc2)[nH]1)N(CC)CC. The lowest BCUT2D eigenvalue weighted by Gasteiger charge is -2.33. The number of hydrogen-bond acceptors (Lipinski definition) is 5. The van der Waals surface area contributed by atoms with Crippen molar-refractivity contribution in [2.24, 2.45) is 0 Å². The van der Waals surface area contributed by atoms with Crippen molar-refractivity contribution < 1.29 is 9.53 Å². The average molecular weight is 386 g/mol. The predicted octanol–water partition coefficient (Wildman–Crippen LogP) is 2.88. The van der Waals surface area contributed by atoms with Crippen LogP contribution in [0, 0.1) is 0 Å². The third-order valence-electron chi connectivity index (χ3n) is 5.69. The summed E-state index contributed by atoms with van der Waals surface area (Å²) in [4.78, 5) is 29.8. The van der Waals surface area contributed by atoms with Crippen LogP contribution in [0.3, 0.4) is 0 Å². The maximum Gasteiger partial charge on any atom is 0.240 e. The van der Waals surface area contributed by atoms with Crippen molar-refractivity contribution in [2.45, 2.75) is 51.8 Å². The van der Waals surface area contributed by atoms with Crippen molar-refractivity contribution >= 4 is 5.91 Å². The van der Waals surface area contributed by atoms with Crippen LogP contribution in [0.4, 0.5) is 0 Å². The summed E-state index contributed by atoms with van der Waals surface area (Å²) >= 11 is 0. The number of carbonyl (C=O) groups is 1. The van der Waals surface area contributed by atoms with Crippen LogP contribution in [0.25, 0.3) is 11.3 Å². The topological polar surface area (TPSA) is 74.4 Å². The van der Waals surface area contributed by atoms with E-state index in [4.69, 9.17) is 4.74 Å².